The molecule has 0 amide bonds. The third-order valence-corrected chi connectivity index (χ3v) is 13.7. The number of aryl methyl sites for hydroxylation is 1. The quantitative estimate of drug-likeness (QED) is 0.178. The second kappa shape index (κ2) is 13.1. The average molecular weight is 788 g/mol. The second-order valence-electron chi connectivity index (χ2n) is 19.2. The summed E-state index contributed by atoms with van der Waals surface area (Å²) in [5.41, 5.74) is 19.0. The van der Waals surface area contributed by atoms with Gasteiger partial charge in [-0.05, 0) is 133 Å². The molecule has 0 saturated heterocycles. The highest BCUT2D eigenvalue weighted by Gasteiger charge is 2.52. The number of hydrogen-bond acceptors (Lipinski definition) is 2. The molecule has 0 radical (unpaired) electrons. The van der Waals surface area contributed by atoms with Crippen molar-refractivity contribution in [2.24, 2.45) is 0 Å². The number of hydrogen-bond donors (Lipinski definition) is 0. The Balaban J connectivity index is 1.24. The van der Waals surface area contributed by atoms with Crippen molar-refractivity contribution in [3.05, 3.63) is 197 Å². The van der Waals surface area contributed by atoms with Crippen LogP contribution in [0.15, 0.2) is 158 Å². The SMILES string of the molecule is CCn1c2ccc(C#N)cc2c2cc(N(c3ccc4c(c3)C3(c5ccccc5-4)c4cc(C(C)(C)C)ccc4-c4ccc(C(C)(C)C)cc43)c3cccc4ccccc34)ccc21. The highest BCUT2D eigenvalue weighted by Crippen LogP contribution is 2.64. The van der Waals surface area contributed by atoms with Gasteiger partial charge in [0.05, 0.1) is 22.7 Å². The first-order valence-corrected chi connectivity index (χ1v) is 21.7. The van der Waals surface area contributed by atoms with Gasteiger partial charge in [0, 0.05) is 45.1 Å². The van der Waals surface area contributed by atoms with Gasteiger partial charge in [-0.25, -0.2) is 0 Å². The minimum Gasteiger partial charge on any atom is -0.341 e. The van der Waals surface area contributed by atoms with E-state index in [-0.39, 0.29) is 10.8 Å². The third kappa shape index (κ3) is 5.28. The number of nitriles is 1. The third-order valence-electron chi connectivity index (χ3n) is 13.7. The fourth-order valence-corrected chi connectivity index (χ4v) is 10.7. The molecule has 0 saturated carbocycles. The van der Waals surface area contributed by atoms with Crippen LogP contribution in [-0.2, 0) is 22.8 Å². The van der Waals surface area contributed by atoms with Crippen LogP contribution in [0.4, 0.5) is 17.1 Å². The fraction of sp³-hybridized carbons (Fsp3) is 0.190. The van der Waals surface area contributed by atoms with Crippen molar-refractivity contribution >= 4 is 49.6 Å². The summed E-state index contributed by atoms with van der Waals surface area (Å²) in [6.45, 7) is 17.0. The predicted octanol–water partition coefficient (Wildman–Crippen LogP) is 15.2. The first-order chi connectivity index (χ1) is 29.4. The Hall–Kier alpha value is -6.89. The number of rotatable bonds is 4. The van der Waals surface area contributed by atoms with Crippen molar-refractivity contribution in [2.75, 3.05) is 4.90 Å². The minimum absolute atomic E-state index is 0.0247. The smallest absolute Gasteiger partial charge is 0.0991 e. The van der Waals surface area contributed by atoms with Gasteiger partial charge in [0.2, 0.25) is 0 Å². The van der Waals surface area contributed by atoms with Crippen molar-refractivity contribution < 1.29 is 0 Å². The average Bonchev–Trinajstić information content (AvgIpc) is 3.86. The van der Waals surface area contributed by atoms with Crippen molar-refractivity contribution in [3.8, 4) is 28.3 Å². The molecule has 0 fully saturated rings. The molecule has 11 rings (SSSR count). The Morgan fingerprint density at radius 2 is 1.05 bits per heavy atom. The van der Waals surface area contributed by atoms with Crippen LogP contribution in [0.25, 0.3) is 54.8 Å². The maximum absolute atomic E-state index is 9.97. The van der Waals surface area contributed by atoms with Crippen LogP contribution in [0.1, 0.15) is 87.4 Å². The molecular weight excluding hydrogens is 739 g/mol. The fourth-order valence-electron chi connectivity index (χ4n) is 10.7. The topological polar surface area (TPSA) is 32.0 Å². The highest BCUT2D eigenvalue weighted by molar-refractivity contribution is 6.11. The van der Waals surface area contributed by atoms with Crippen molar-refractivity contribution in [3.63, 3.8) is 0 Å². The molecule has 0 atom stereocenters. The molecule has 0 aliphatic heterocycles. The molecule has 2 aliphatic rings. The van der Waals surface area contributed by atoms with Crippen molar-refractivity contribution in [1.29, 1.82) is 5.26 Å². The lowest BCUT2D eigenvalue weighted by Crippen LogP contribution is -2.27. The number of fused-ring (bicyclic) bond motifs is 14. The lowest BCUT2D eigenvalue weighted by atomic mass is 9.68. The van der Waals surface area contributed by atoms with E-state index >= 15 is 0 Å². The molecular formula is C58H49N3. The molecule has 1 heterocycles. The summed E-state index contributed by atoms with van der Waals surface area (Å²) >= 11 is 0. The van der Waals surface area contributed by atoms with E-state index in [0.29, 0.717) is 5.56 Å². The van der Waals surface area contributed by atoms with Crippen LogP contribution in [0.2, 0.25) is 0 Å². The maximum Gasteiger partial charge on any atom is 0.0991 e. The zero-order valence-corrected chi connectivity index (χ0v) is 36.1. The van der Waals surface area contributed by atoms with Crippen LogP contribution in [0, 0.1) is 11.3 Å². The first kappa shape index (κ1) is 37.1. The molecule has 2 aliphatic carbocycles. The molecule has 9 aromatic rings. The number of anilines is 3. The molecule has 8 aromatic carbocycles. The highest BCUT2D eigenvalue weighted by atomic mass is 15.1. The van der Waals surface area contributed by atoms with Crippen LogP contribution >= 0.6 is 0 Å². The Kier molecular flexibility index (Phi) is 7.95. The van der Waals surface area contributed by atoms with Gasteiger partial charge in [-0.15, -0.1) is 0 Å². The Morgan fingerprint density at radius 1 is 0.508 bits per heavy atom. The van der Waals surface area contributed by atoms with Gasteiger partial charge in [0.1, 0.15) is 0 Å². The van der Waals surface area contributed by atoms with E-state index in [1.165, 1.54) is 71.9 Å². The number of aromatic nitrogens is 1. The van der Waals surface area contributed by atoms with Gasteiger partial charge in [0.25, 0.3) is 0 Å². The maximum atomic E-state index is 9.97. The summed E-state index contributed by atoms with van der Waals surface area (Å²) in [6.07, 6.45) is 0. The molecule has 3 heteroatoms. The molecule has 1 spiro atoms. The van der Waals surface area contributed by atoms with E-state index in [4.69, 9.17) is 0 Å². The zero-order valence-electron chi connectivity index (χ0n) is 36.1. The lowest BCUT2D eigenvalue weighted by Gasteiger charge is -2.34. The van der Waals surface area contributed by atoms with Crippen LogP contribution in [0.5, 0.6) is 0 Å². The summed E-state index contributed by atoms with van der Waals surface area (Å²) in [5.74, 6) is 0. The van der Waals surface area contributed by atoms with Gasteiger partial charge in [-0.2, -0.15) is 5.26 Å². The van der Waals surface area contributed by atoms with Crippen LogP contribution in [-0.4, -0.2) is 4.57 Å². The van der Waals surface area contributed by atoms with Crippen molar-refractivity contribution in [2.45, 2.75) is 71.3 Å². The largest absolute Gasteiger partial charge is 0.341 e. The van der Waals surface area contributed by atoms with E-state index in [2.05, 4.69) is 216 Å². The second-order valence-corrected chi connectivity index (χ2v) is 19.2. The first-order valence-electron chi connectivity index (χ1n) is 21.7. The van der Waals surface area contributed by atoms with E-state index in [9.17, 15) is 5.26 Å². The molecule has 1 aromatic heterocycles. The van der Waals surface area contributed by atoms with E-state index in [0.717, 1.165) is 39.9 Å². The molecule has 0 N–H and O–H groups in total. The molecule has 0 bridgehead atoms. The van der Waals surface area contributed by atoms with Crippen LogP contribution < -0.4 is 4.90 Å². The summed E-state index contributed by atoms with van der Waals surface area (Å²) in [4.78, 5) is 2.47. The van der Waals surface area contributed by atoms with Gasteiger partial charge >= 0.3 is 0 Å². The minimum atomic E-state index is -0.522. The normalized spacial score (nSPS) is 13.7. The monoisotopic (exact) mass is 787 g/mol. The van der Waals surface area contributed by atoms with Gasteiger partial charge in [0.15, 0.2) is 0 Å². The summed E-state index contributed by atoms with van der Waals surface area (Å²) < 4.78 is 2.36. The zero-order chi connectivity index (χ0) is 42.0. The van der Waals surface area contributed by atoms with Gasteiger partial charge in [-0.3, -0.25) is 0 Å². The predicted molar refractivity (Wildman–Crippen MR) is 256 cm³/mol. The van der Waals surface area contributed by atoms with E-state index in [1.54, 1.807) is 0 Å². The lowest BCUT2D eigenvalue weighted by molar-refractivity contribution is 0.586. The van der Waals surface area contributed by atoms with E-state index in [1.807, 2.05) is 6.07 Å². The summed E-state index contributed by atoms with van der Waals surface area (Å²) in [7, 11) is 0. The molecule has 61 heavy (non-hydrogen) atoms. The summed E-state index contributed by atoms with van der Waals surface area (Å²) in [5, 5.41) is 14.6. The van der Waals surface area contributed by atoms with Gasteiger partial charge in [-0.1, -0.05) is 145 Å². The molecule has 0 unspecified atom stereocenters. The Labute approximate surface area is 359 Å². The molecule has 296 valence electrons. The number of benzene rings is 8. The standard InChI is InChI=1S/C58H49N3/c1-8-60-53-28-20-36(35-59)30-47(53)48-33-40(24-29-54(48)60)61(55-19-13-15-37-14-9-10-16-42(37)55)41-23-27-46-43-17-11-12-18-49(43)58(52(46)34-41)50-31-38(56(2,3)4)21-25-44(50)45-26-22-39(32-51(45)58)57(5,6)7/h9-34H,8H2,1-7H3. The van der Waals surface area contributed by atoms with Gasteiger partial charge < -0.3 is 9.47 Å². The van der Waals surface area contributed by atoms with Crippen molar-refractivity contribution in [1.82, 2.24) is 4.57 Å². The van der Waals surface area contributed by atoms with Crippen LogP contribution in [0.3, 0.4) is 0 Å². The summed E-state index contributed by atoms with van der Waals surface area (Å²) in [6, 6.07) is 61.7. The molecule has 3 nitrogen and oxygen atoms in total. The number of nitrogens with zero attached hydrogens (tertiary/aromatic N) is 3. The Bertz CT molecular complexity index is 3270. The Morgan fingerprint density at radius 3 is 1.72 bits per heavy atom. The van der Waals surface area contributed by atoms with E-state index < -0.39 is 5.41 Å².